The van der Waals surface area contributed by atoms with E-state index in [4.69, 9.17) is 0 Å². The van der Waals surface area contributed by atoms with Crippen LogP contribution in [0.15, 0.2) is 28.9 Å². The molecule has 11 heavy (non-hydrogen) atoms. The van der Waals surface area contributed by atoms with E-state index in [1.165, 1.54) is 0 Å². The Hall–Kier alpha value is -0.850. The highest BCUT2D eigenvalue weighted by molar-refractivity contribution is 5.97. The van der Waals surface area contributed by atoms with Gasteiger partial charge in [0.15, 0.2) is 0 Å². The molecule has 1 nitrogen and oxygen atoms in total. The van der Waals surface area contributed by atoms with E-state index in [9.17, 15) is 0 Å². The smallest absolute Gasteiger partial charge is 0.0399 e. The third kappa shape index (κ3) is 3.76. The first kappa shape index (κ1) is 10.2. The van der Waals surface area contributed by atoms with Crippen molar-refractivity contribution in [3.63, 3.8) is 0 Å². The van der Waals surface area contributed by atoms with Crippen LogP contribution in [0.3, 0.4) is 0 Å². The Morgan fingerprint density at radius 1 is 1.45 bits per heavy atom. The van der Waals surface area contributed by atoms with E-state index < -0.39 is 0 Å². The molecule has 0 heterocycles. The number of allylic oxidation sites excluding steroid dienone is 3. The molecular weight excluding hydrogens is 134 g/mol. The predicted octanol–water partition coefficient (Wildman–Crippen LogP) is 3.34. The van der Waals surface area contributed by atoms with E-state index in [1.54, 1.807) is 0 Å². The lowest BCUT2D eigenvalue weighted by Gasteiger charge is -1.99. The summed E-state index contributed by atoms with van der Waals surface area (Å²) in [5, 5.41) is 0. The number of aliphatic imine (C=N–C) groups is 1. The summed E-state index contributed by atoms with van der Waals surface area (Å²) in [4.78, 5) is 4.39. The van der Waals surface area contributed by atoms with Crippen molar-refractivity contribution in [3.8, 4) is 0 Å². The highest BCUT2D eigenvalue weighted by atomic mass is 14.7. The average molecular weight is 151 g/mol. The molecule has 1 heteroatoms. The summed E-state index contributed by atoms with van der Waals surface area (Å²) in [6.45, 7) is 11.9. The summed E-state index contributed by atoms with van der Waals surface area (Å²) in [5.74, 6) is 0. The SMILES string of the molecule is C=C(C)C(C)=N/C(=C\C)CC. The van der Waals surface area contributed by atoms with Gasteiger partial charge in [0.25, 0.3) is 0 Å². The van der Waals surface area contributed by atoms with Crippen LogP contribution in [0.2, 0.25) is 0 Å². The molecule has 0 aliphatic heterocycles. The lowest BCUT2D eigenvalue weighted by Crippen LogP contribution is -1.92. The molecule has 0 saturated heterocycles. The van der Waals surface area contributed by atoms with Gasteiger partial charge in [-0.2, -0.15) is 0 Å². The van der Waals surface area contributed by atoms with Gasteiger partial charge in [-0.15, -0.1) is 0 Å². The molecule has 62 valence electrons. The van der Waals surface area contributed by atoms with E-state index in [1.807, 2.05) is 26.8 Å². The third-order valence-electron chi connectivity index (χ3n) is 1.62. The lowest BCUT2D eigenvalue weighted by molar-refractivity contribution is 1.06. The summed E-state index contributed by atoms with van der Waals surface area (Å²) in [6.07, 6.45) is 3.02. The van der Waals surface area contributed by atoms with Crippen LogP contribution in [0.4, 0.5) is 0 Å². The van der Waals surface area contributed by atoms with Crippen molar-refractivity contribution in [3.05, 3.63) is 23.9 Å². The molecule has 0 unspecified atom stereocenters. The molecule has 0 aliphatic rings. The van der Waals surface area contributed by atoms with Gasteiger partial charge in [-0.25, -0.2) is 0 Å². The highest BCUT2D eigenvalue weighted by Crippen LogP contribution is 2.04. The van der Waals surface area contributed by atoms with Crippen molar-refractivity contribution in [2.24, 2.45) is 4.99 Å². The second kappa shape index (κ2) is 4.89. The van der Waals surface area contributed by atoms with Crippen LogP contribution in [0, 0.1) is 0 Å². The lowest BCUT2D eigenvalue weighted by atomic mass is 10.2. The molecule has 0 saturated carbocycles. The quantitative estimate of drug-likeness (QED) is 0.548. The van der Waals surface area contributed by atoms with Gasteiger partial charge < -0.3 is 0 Å². The van der Waals surface area contributed by atoms with Crippen LogP contribution in [-0.2, 0) is 0 Å². The Bertz CT molecular complexity index is 197. The topological polar surface area (TPSA) is 12.4 Å². The Balaban J connectivity index is 4.40. The molecule has 0 bridgehead atoms. The van der Waals surface area contributed by atoms with Crippen molar-refractivity contribution in [2.75, 3.05) is 0 Å². The van der Waals surface area contributed by atoms with Gasteiger partial charge in [0, 0.05) is 11.4 Å². The van der Waals surface area contributed by atoms with Crippen molar-refractivity contribution < 1.29 is 0 Å². The minimum Gasteiger partial charge on any atom is -0.258 e. The van der Waals surface area contributed by atoms with E-state index in [2.05, 4.69) is 18.5 Å². The number of rotatable bonds is 3. The highest BCUT2D eigenvalue weighted by Gasteiger charge is 1.92. The maximum atomic E-state index is 4.39. The summed E-state index contributed by atoms with van der Waals surface area (Å²) < 4.78 is 0. The van der Waals surface area contributed by atoms with E-state index in [0.29, 0.717) is 0 Å². The van der Waals surface area contributed by atoms with Gasteiger partial charge in [0.2, 0.25) is 0 Å². The number of hydrogen-bond acceptors (Lipinski definition) is 1. The van der Waals surface area contributed by atoms with Gasteiger partial charge in [0.05, 0.1) is 0 Å². The van der Waals surface area contributed by atoms with Crippen molar-refractivity contribution in [1.82, 2.24) is 0 Å². The van der Waals surface area contributed by atoms with Crippen molar-refractivity contribution in [1.29, 1.82) is 0 Å². The number of nitrogens with zero attached hydrogens (tertiary/aromatic N) is 1. The largest absolute Gasteiger partial charge is 0.258 e. The normalized spacial score (nSPS) is 13.5. The summed E-state index contributed by atoms with van der Waals surface area (Å²) in [7, 11) is 0. The Kier molecular flexibility index (Phi) is 4.51. The van der Waals surface area contributed by atoms with Crippen LogP contribution < -0.4 is 0 Å². The molecule has 0 N–H and O–H groups in total. The minimum atomic E-state index is 0.987. The summed E-state index contributed by atoms with van der Waals surface area (Å²) in [5.41, 5.74) is 3.20. The van der Waals surface area contributed by atoms with E-state index in [-0.39, 0.29) is 0 Å². The van der Waals surface area contributed by atoms with Gasteiger partial charge in [-0.3, -0.25) is 4.99 Å². The molecule has 0 aromatic carbocycles. The molecule has 0 fully saturated rings. The molecule has 0 aromatic heterocycles. The first-order valence-electron chi connectivity index (χ1n) is 3.98. The maximum Gasteiger partial charge on any atom is 0.0399 e. The van der Waals surface area contributed by atoms with E-state index >= 15 is 0 Å². The number of hydrogen-bond donors (Lipinski definition) is 0. The fraction of sp³-hybridized carbons (Fsp3) is 0.500. The third-order valence-corrected chi connectivity index (χ3v) is 1.62. The van der Waals surface area contributed by atoms with E-state index in [0.717, 1.165) is 23.4 Å². The Morgan fingerprint density at radius 3 is 2.27 bits per heavy atom. The fourth-order valence-electron chi connectivity index (χ4n) is 0.659. The van der Waals surface area contributed by atoms with Crippen LogP contribution in [0.25, 0.3) is 0 Å². The molecule has 0 radical (unpaired) electrons. The average Bonchev–Trinajstić information content (AvgIpc) is 1.99. The summed E-state index contributed by atoms with van der Waals surface area (Å²) >= 11 is 0. The van der Waals surface area contributed by atoms with Crippen LogP contribution >= 0.6 is 0 Å². The Labute approximate surface area is 69.5 Å². The molecule has 0 aliphatic carbocycles. The van der Waals surface area contributed by atoms with Gasteiger partial charge in [0.1, 0.15) is 0 Å². The molecule has 0 aromatic rings. The standard InChI is InChI=1S/C10H17N/c1-6-10(7-2)11-9(5)8(3)4/h6H,3,7H2,1-2,4-5H3/b10-6-,11-9?. The molecule has 0 amide bonds. The maximum absolute atomic E-state index is 4.39. The van der Waals surface area contributed by atoms with Crippen LogP contribution in [-0.4, -0.2) is 5.71 Å². The van der Waals surface area contributed by atoms with Crippen LogP contribution in [0.5, 0.6) is 0 Å². The second-order valence-corrected chi connectivity index (χ2v) is 2.61. The zero-order chi connectivity index (χ0) is 8.85. The molecular formula is C10H17N. The minimum absolute atomic E-state index is 0.987. The van der Waals surface area contributed by atoms with Crippen LogP contribution in [0.1, 0.15) is 34.1 Å². The van der Waals surface area contributed by atoms with Gasteiger partial charge in [-0.1, -0.05) is 19.6 Å². The van der Waals surface area contributed by atoms with Gasteiger partial charge >= 0.3 is 0 Å². The van der Waals surface area contributed by atoms with Crippen molar-refractivity contribution in [2.45, 2.75) is 34.1 Å². The molecule has 0 spiro atoms. The predicted molar refractivity (Wildman–Crippen MR) is 52.0 cm³/mol. The summed E-state index contributed by atoms with van der Waals surface area (Å²) in [6, 6.07) is 0. The Morgan fingerprint density at radius 2 is 2.00 bits per heavy atom. The fourth-order valence-corrected chi connectivity index (χ4v) is 0.659. The second-order valence-electron chi connectivity index (χ2n) is 2.61. The first-order valence-corrected chi connectivity index (χ1v) is 3.98. The van der Waals surface area contributed by atoms with Crippen molar-refractivity contribution >= 4 is 5.71 Å². The zero-order valence-corrected chi connectivity index (χ0v) is 7.94. The first-order chi connectivity index (χ1) is 5.11. The molecule has 0 rings (SSSR count). The monoisotopic (exact) mass is 151 g/mol. The molecule has 0 atom stereocenters. The zero-order valence-electron chi connectivity index (χ0n) is 7.94. The van der Waals surface area contributed by atoms with Gasteiger partial charge in [-0.05, 0) is 32.8 Å².